The van der Waals surface area contributed by atoms with Gasteiger partial charge in [0.05, 0.1) is 17.9 Å². The van der Waals surface area contributed by atoms with Crippen LogP contribution in [0.3, 0.4) is 0 Å². The molecule has 1 aromatic carbocycles. The second kappa shape index (κ2) is 5.54. The van der Waals surface area contributed by atoms with E-state index in [4.69, 9.17) is 0 Å². The largest absolute Gasteiger partial charge is 0.376 e. The van der Waals surface area contributed by atoms with E-state index in [1.54, 1.807) is 0 Å². The van der Waals surface area contributed by atoms with E-state index in [2.05, 4.69) is 69.6 Å². The Hall–Kier alpha value is -1.39. The molecule has 2 nitrogen and oxygen atoms in total. The summed E-state index contributed by atoms with van der Waals surface area (Å²) in [6.07, 6.45) is 1.86. The maximum absolute atomic E-state index is 4.33. The monoisotopic (exact) mass is 346 g/mol. The van der Waals surface area contributed by atoms with Gasteiger partial charge < -0.3 is 5.32 Å². The number of nitrogens with one attached hydrogen (secondary N) is 1. The molecule has 4 heteroatoms. The van der Waals surface area contributed by atoms with Crippen molar-refractivity contribution in [2.24, 2.45) is 0 Å². The topological polar surface area (TPSA) is 24.9 Å². The van der Waals surface area contributed by atoms with Crippen molar-refractivity contribution < 1.29 is 0 Å². The summed E-state index contributed by atoms with van der Waals surface area (Å²) in [6.45, 7) is 4.23. The Labute approximate surface area is 131 Å². The molecule has 3 aromatic rings. The lowest BCUT2D eigenvalue weighted by Crippen LogP contribution is -2.05. The molecule has 1 N–H and O–H groups in total. The van der Waals surface area contributed by atoms with Crippen LogP contribution in [0, 0.1) is 6.92 Å². The van der Waals surface area contributed by atoms with Gasteiger partial charge in [0, 0.05) is 9.58 Å². The van der Waals surface area contributed by atoms with Crippen LogP contribution in [0.25, 0.3) is 10.1 Å². The quantitative estimate of drug-likeness (QED) is 0.629. The summed E-state index contributed by atoms with van der Waals surface area (Å²) >= 11 is 5.27. The van der Waals surface area contributed by atoms with E-state index < -0.39 is 0 Å². The Morgan fingerprint density at radius 1 is 1.25 bits per heavy atom. The zero-order valence-electron chi connectivity index (χ0n) is 11.4. The fourth-order valence-electron chi connectivity index (χ4n) is 2.17. The highest BCUT2D eigenvalue weighted by atomic mass is 79.9. The number of fused-ring (bicyclic) bond motifs is 1. The van der Waals surface area contributed by atoms with Crippen LogP contribution in [0.15, 0.2) is 47.2 Å². The number of halogens is 1. The van der Waals surface area contributed by atoms with Crippen LogP contribution < -0.4 is 5.32 Å². The number of aromatic nitrogens is 1. The number of aryl methyl sites for hydroxylation is 1. The first-order valence-electron chi connectivity index (χ1n) is 6.50. The van der Waals surface area contributed by atoms with Gasteiger partial charge >= 0.3 is 0 Å². The predicted octanol–water partition coefficient (Wildman–Crippen LogP) is 5.54. The normalized spacial score (nSPS) is 12.6. The molecular formula is C16H15BrN2S. The number of hydrogen-bond donors (Lipinski definition) is 1. The van der Waals surface area contributed by atoms with E-state index >= 15 is 0 Å². The third kappa shape index (κ3) is 2.72. The van der Waals surface area contributed by atoms with E-state index in [9.17, 15) is 0 Å². The van der Waals surface area contributed by atoms with Crippen molar-refractivity contribution in [2.45, 2.75) is 19.9 Å². The molecular weight excluding hydrogens is 332 g/mol. The van der Waals surface area contributed by atoms with Crippen molar-refractivity contribution in [3.8, 4) is 0 Å². The Morgan fingerprint density at radius 2 is 2.05 bits per heavy atom. The molecule has 0 amide bonds. The molecule has 0 saturated heterocycles. The van der Waals surface area contributed by atoms with Gasteiger partial charge in [0.1, 0.15) is 4.60 Å². The van der Waals surface area contributed by atoms with Crippen molar-refractivity contribution in [1.29, 1.82) is 0 Å². The van der Waals surface area contributed by atoms with Crippen LogP contribution in [-0.2, 0) is 0 Å². The summed E-state index contributed by atoms with van der Waals surface area (Å²) < 4.78 is 2.24. The Morgan fingerprint density at radius 3 is 2.80 bits per heavy atom. The van der Waals surface area contributed by atoms with Crippen molar-refractivity contribution in [3.63, 3.8) is 0 Å². The van der Waals surface area contributed by atoms with Gasteiger partial charge in [-0.25, -0.2) is 4.98 Å². The summed E-state index contributed by atoms with van der Waals surface area (Å²) in [5.74, 6) is 0. The average Bonchev–Trinajstić information content (AvgIpc) is 2.87. The highest BCUT2D eigenvalue weighted by Gasteiger charge is 2.10. The number of pyridine rings is 1. The highest BCUT2D eigenvalue weighted by molar-refractivity contribution is 9.10. The molecule has 0 spiro atoms. The molecule has 20 heavy (non-hydrogen) atoms. The molecule has 0 aliphatic rings. The third-order valence-corrected chi connectivity index (χ3v) is 5.40. The molecule has 0 aliphatic carbocycles. The average molecular weight is 347 g/mol. The predicted molar refractivity (Wildman–Crippen MR) is 90.5 cm³/mol. The lowest BCUT2D eigenvalue weighted by Gasteiger charge is -2.14. The minimum atomic E-state index is 0.273. The lowest BCUT2D eigenvalue weighted by molar-refractivity contribution is 0.905. The van der Waals surface area contributed by atoms with Gasteiger partial charge in [0.15, 0.2) is 0 Å². The first-order valence-corrected chi connectivity index (χ1v) is 8.11. The number of thiophene rings is 1. The second-order valence-corrected chi connectivity index (χ2v) is 6.75. The van der Waals surface area contributed by atoms with E-state index in [1.807, 2.05) is 24.5 Å². The molecule has 0 saturated carbocycles. The fourth-order valence-corrected chi connectivity index (χ4v) is 3.46. The zero-order chi connectivity index (χ0) is 14.1. The summed E-state index contributed by atoms with van der Waals surface area (Å²) in [5, 5.41) is 4.83. The maximum Gasteiger partial charge on any atom is 0.109 e. The van der Waals surface area contributed by atoms with Gasteiger partial charge in [-0.05, 0) is 58.9 Å². The van der Waals surface area contributed by atoms with Gasteiger partial charge in [0.2, 0.25) is 0 Å². The van der Waals surface area contributed by atoms with E-state index in [1.165, 1.54) is 15.0 Å². The van der Waals surface area contributed by atoms with Gasteiger partial charge in [-0.2, -0.15) is 0 Å². The number of rotatable bonds is 3. The van der Waals surface area contributed by atoms with Gasteiger partial charge in [-0.15, -0.1) is 11.3 Å². The first kappa shape index (κ1) is 13.6. The highest BCUT2D eigenvalue weighted by Crippen LogP contribution is 2.31. The summed E-state index contributed by atoms with van der Waals surface area (Å²) in [7, 11) is 0. The second-order valence-electron chi connectivity index (χ2n) is 4.88. The molecule has 0 aliphatic heterocycles. The Balaban J connectivity index is 1.84. The molecule has 2 aromatic heterocycles. The summed E-state index contributed by atoms with van der Waals surface area (Å²) in [6, 6.07) is 13.1. The molecule has 0 radical (unpaired) electrons. The van der Waals surface area contributed by atoms with Gasteiger partial charge in [-0.3, -0.25) is 0 Å². The molecule has 2 heterocycles. The first-order chi connectivity index (χ1) is 9.63. The van der Waals surface area contributed by atoms with Crippen LogP contribution in [-0.4, -0.2) is 4.98 Å². The molecule has 102 valence electrons. The smallest absolute Gasteiger partial charge is 0.109 e. The number of hydrogen-bond acceptors (Lipinski definition) is 3. The van der Waals surface area contributed by atoms with Crippen LogP contribution in [0.2, 0.25) is 0 Å². The Kier molecular flexibility index (Phi) is 3.76. The van der Waals surface area contributed by atoms with Crippen molar-refractivity contribution in [1.82, 2.24) is 4.98 Å². The fraction of sp³-hybridized carbons (Fsp3) is 0.188. The standard InChI is InChI=1S/C16H15BrN2S/c1-10-7-13(9-18-16(10)17)19-11(2)15-8-12-5-3-4-6-14(12)20-15/h3-9,11,19H,1-2H3. The van der Waals surface area contributed by atoms with Gasteiger partial charge in [0.25, 0.3) is 0 Å². The molecule has 0 fully saturated rings. The minimum absolute atomic E-state index is 0.273. The molecule has 0 bridgehead atoms. The molecule has 1 atom stereocenters. The zero-order valence-corrected chi connectivity index (χ0v) is 13.8. The third-order valence-electron chi connectivity index (χ3n) is 3.27. The maximum atomic E-state index is 4.33. The van der Waals surface area contributed by atoms with Gasteiger partial charge in [-0.1, -0.05) is 18.2 Å². The summed E-state index contributed by atoms with van der Waals surface area (Å²) in [5.41, 5.74) is 2.19. The van der Waals surface area contributed by atoms with Crippen molar-refractivity contribution in [3.05, 3.63) is 57.6 Å². The lowest BCUT2D eigenvalue weighted by atomic mass is 10.2. The van der Waals surface area contributed by atoms with Crippen LogP contribution in [0.4, 0.5) is 5.69 Å². The molecule has 3 rings (SSSR count). The van der Waals surface area contributed by atoms with Crippen LogP contribution in [0.1, 0.15) is 23.4 Å². The van der Waals surface area contributed by atoms with Crippen LogP contribution in [0.5, 0.6) is 0 Å². The molecule has 1 unspecified atom stereocenters. The number of nitrogens with zero attached hydrogens (tertiary/aromatic N) is 1. The van der Waals surface area contributed by atoms with E-state index in [0.717, 1.165) is 15.9 Å². The van der Waals surface area contributed by atoms with Crippen molar-refractivity contribution in [2.75, 3.05) is 5.32 Å². The van der Waals surface area contributed by atoms with E-state index in [-0.39, 0.29) is 6.04 Å². The van der Waals surface area contributed by atoms with Crippen LogP contribution >= 0.6 is 27.3 Å². The van der Waals surface area contributed by atoms with Crippen molar-refractivity contribution >= 4 is 43.0 Å². The van der Waals surface area contributed by atoms with E-state index in [0.29, 0.717) is 0 Å². The SMILES string of the molecule is Cc1cc(NC(C)c2cc3ccccc3s2)cnc1Br. The Bertz CT molecular complexity index is 718. The minimum Gasteiger partial charge on any atom is -0.376 e. The number of benzene rings is 1. The summed E-state index contributed by atoms with van der Waals surface area (Å²) in [4.78, 5) is 5.67. The number of anilines is 1.